The Kier molecular flexibility index (Phi) is 8.19. The summed E-state index contributed by atoms with van der Waals surface area (Å²) in [4.78, 5) is 46.2. The number of carbonyl (C=O) groups excluding carboxylic acids is 3. The van der Waals surface area contributed by atoms with Crippen molar-refractivity contribution in [3.8, 4) is 10.4 Å². The SMILES string of the molecule is Cc1ncsc1-c1ccc(CNC(=O)C2C[C@@H](O)CN2C(=O)C(NC(=O)C2(F)CC2)C(C)(C)C)c(C(C)C)c1. The summed E-state index contributed by atoms with van der Waals surface area (Å²) in [5.41, 5.74) is 3.32. The maximum Gasteiger partial charge on any atom is 0.258 e. The van der Waals surface area contributed by atoms with Crippen LogP contribution in [0.4, 0.5) is 4.39 Å². The largest absolute Gasteiger partial charge is 0.391 e. The zero-order chi connectivity index (χ0) is 28.7. The number of amides is 3. The maximum absolute atomic E-state index is 14.4. The smallest absolute Gasteiger partial charge is 0.258 e. The number of nitrogens with zero attached hydrogens (tertiary/aromatic N) is 2. The molecular weight excluding hydrogens is 519 g/mol. The van der Waals surface area contributed by atoms with Crippen LogP contribution in [0.3, 0.4) is 0 Å². The summed E-state index contributed by atoms with van der Waals surface area (Å²) in [5, 5.41) is 15.9. The van der Waals surface area contributed by atoms with Crippen molar-refractivity contribution in [3.63, 3.8) is 0 Å². The number of β-amino-alcohol motifs (C(OH)–C–C–N with tert-alkyl or cyclic N) is 1. The number of hydrogen-bond donors (Lipinski definition) is 3. The highest BCUT2D eigenvalue weighted by Gasteiger charge is 2.53. The Morgan fingerprint density at radius 3 is 2.51 bits per heavy atom. The third kappa shape index (κ3) is 6.32. The number of hydrogen-bond acceptors (Lipinski definition) is 6. The number of carbonyl (C=O) groups is 3. The van der Waals surface area contributed by atoms with Crippen LogP contribution >= 0.6 is 11.3 Å². The number of aromatic nitrogens is 1. The van der Waals surface area contributed by atoms with Crippen LogP contribution in [-0.4, -0.2) is 63.1 Å². The molecule has 2 fully saturated rings. The van der Waals surface area contributed by atoms with Crippen LogP contribution in [0.1, 0.15) is 76.6 Å². The fraction of sp³-hybridized carbons (Fsp3) is 0.586. The Morgan fingerprint density at radius 2 is 1.95 bits per heavy atom. The van der Waals surface area contributed by atoms with Crippen LogP contribution in [0.25, 0.3) is 10.4 Å². The first-order valence-corrected chi connectivity index (χ1v) is 14.4. The van der Waals surface area contributed by atoms with Crippen molar-refractivity contribution in [2.75, 3.05) is 6.54 Å². The van der Waals surface area contributed by atoms with Gasteiger partial charge < -0.3 is 20.6 Å². The van der Waals surface area contributed by atoms with Crippen molar-refractivity contribution in [1.82, 2.24) is 20.5 Å². The van der Waals surface area contributed by atoms with Gasteiger partial charge in [0.1, 0.15) is 12.1 Å². The molecule has 1 saturated heterocycles. The molecule has 39 heavy (non-hydrogen) atoms. The zero-order valence-corrected chi connectivity index (χ0v) is 24.3. The molecule has 1 saturated carbocycles. The summed E-state index contributed by atoms with van der Waals surface area (Å²) in [6.45, 7) is 11.8. The predicted molar refractivity (Wildman–Crippen MR) is 149 cm³/mol. The molecule has 2 heterocycles. The number of nitrogens with one attached hydrogen (secondary N) is 2. The number of alkyl halides is 1. The van der Waals surface area contributed by atoms with Crippen LogP contribution in [0.15, 0.2) is 23.7 Å². The van der Waals surface area contributed by atoms with Crippen molar-refractivity contribution < 1.29 is 23.9 Å². The summed E-state index contributed by atoms with van der Waals surface area (Å²) >= 11 is 1.59. The number of rotatable bonds is 8. The van der Waals surface area contributed by atoms with E-state index in [1.165, 1.54) is 4.90 Å². The monoisotopic (exact) mass is 558 g/mol. The third-order valence-electron chi connectivity index (χ3n) is 7.58. The van der Waals surface area contributed by atoms with E-state index in [2.05, 4.69) is 35.5 Å². The summed E-state index contributed by atoms with van der Waals surface area (Å²) in [7, 11) is 0. The lowest BCUT2D eigenvalue weighted by atomic mass is 9.85. The number of halogens is 1. The number of aliphatic hydroxyl groups is 1. The Morgan fingerprint density at radius 1 is 1.26 bits per heavy atom. The van der Waals surface area contributed by atoms with Gasteiger partial charge in [-0.1, -0.05) is 46.8 Å². The highest BCUT2D eigenvalue weighted by atomic mass is 32.1. The second-order valence-corrected chi connectivity index (χ2v) is 13.0. The summed E-state index contributed by atoms with van der Waals surface area (Å²) in [5.74, 6) is -1.45. The molecule has 0 radical (unpaired) electrons. The fourth-order valence-corrected chi connectivity index (χ4v) is 5.83. The first-order chi connectivity index (χ1) is 18.2. The minimum absolute atomic E-state index is 0.0275. The lowest BCUT2D eigenvalue weighted by Crippen LogP contribution is -2.59. The molecular formula is C29H39FN4O4S. The van der Waals surface area contributed by atoms with Gasteiger partial charge >= 0.3 is 0 Å². The molecule has 1 aromatic carbocycles. The topological polar surface area (TPSA) is 112 Å². The number of likely N-dealkylation sites (tertiary alicyclic amines) is 1. The minimum Gasteiger partial charge on any atom is -0.391 e. The molecule has 0 spiro atoms. The molecule has 8 nitrogen and oxygen atoms in total. The quantitative estimate of drug-likeness (QED) is 0.456. The molecule has 3 atom stereocenters. The van der Waals surface area contributed by atoms with Crippen molar-refractivity contribution in [3.05, 3.63) is 40.5 Å². The maximum atomic E-state index is 14.4. The van der Waals surface area contributed by atoms with E-state index in [1.807, 2.05) is 24.6 Å². The van der Waals surface area contributed by atoms with Crippen LogP contribution < -0.4 is 10.6 Å². The molecule has 0 bridgehead atoms. The standard InChI is InChI=1S/C29H39FN4O4S/c1-16(2)21-11-18(23-17(3)32-15-39-23)7-8-19(21)13-31-25(36)22-12-20(35)14-34(22)26(37)24(28(4,5)6)33-27(38)29(30)9-10-29/h7-8,11,15-16,20,22,24,35H,9-10,12-14H2,1-6H3,(H,31,36)(H,33,38)/t20-,22?,24?/m1/s1. The van der Waals surface area contributed by atoms with Crippen LogP contribution in [-0.2, 0) is 20.9 Å². The average Bonchev–Trinajstić information content (AvgIpc) is 3.28. The van der Waals surface area contributed by atoms with E-state index < -0.39 is 41.1 Å². The molecule has 4 rings (SSSR count). The van der Waals surface area contributed by atoms with Gasteiger partial charge in [0.25, 0.3) is 5.91 Å². The normalized spacial score (nSPS) is 21.1. The van der Waals surface area contributed by atoms with E-state index in [1.54, 1.807) is 32.1 Å². The minimum atomic E-state index is -1.92. The second-order valence-electron chi connectivity index (χ2n) is 12.2. The Balaban J connectivity index is 1.49. The number of benzene rings is 1. The second kappa shape index (κ2) is 11.0. The first kappa shape index (κ1) is 29.1. The fourth-order valence-electron chi connectivity index (χ4n) is 5.03. The van der Waals surface area contributed by atoms with Crippen molar-refractivity contribution in [2.24, 2.45) is 5.41 Å². The third-order valence-corrected chi connectivity index (χ3v) is 8.56. The van der Waals surface area contributed by atoms with E-state index in [0.717, 1.165) is 27.3 Å². The Labute approximate surface area is 233 Å². The van der Waals surface area contributed by atoms with Gasteiger partial charge in [-0.15, -0.1) is 11.3 Å². The van der Waals surface area contributed by atoms with Gasteiger partial charge in [-0.05, 0) is 53.9 Å². The van der Waals surface area contributed by atoms with Gasteiger partial charge in [-0.3, -0.25) is 14.4 Å². The Bertz CT molecular complexity index is 1250. The van der Waals surface area contributed by atoms with Crippen molar-refractivity contribution in [2.45, 2.75) is 97.1 Å². The molecule has 1 aromatic heterocycles. The molecule has 2 aromatic rings. The lowest BCUT2D eigenvalue weighted by molar-refractivity contribution is -0.145. The van der Waals surface area contributed by atoms with Crippen LogP contribution in [0, 0.1) is 12.3 Å². The van der Waals surface area contributed by atoms with Gasteiger partial charge in [0, 0.05) is 19.5 Å². The van der Waals surface area contributed by atoms with Gasteiger partial charge in [-0.25, -0.2) is 9.37 Å². The van der Waals surface area contributed by atoms with Gasteiger partial charge in [0.15, 0.2) is 5.67 Å². The lowest BCUT2D eigenvalue weighted by Gasteiger charge is -2.35. The number of aliphatic hydroxyl groups excluding tert-OH is 1. The first-order valence-electron chi connectivity index (χ1n) is 13.5. The van der Waals surface area contributed by atoms with E-state index in [0.29, 0.717) is 0 Å². The summed E-state index contributed by atoms with van der Waals surface area (Å²) < 4.78 is 14.4. The van der Waals surface area contributed by atoms with E-state index >= 15 is 0 Å². The zero-order valence-electron chi connectivity index (χ0n) is 23.5. The van der Waals surface area contributed by atoms with Gasteiger partial charge in [0.05, 0.1) is 22.2 Å². The van der Waals surface area contributed by atoms with Crippen molar-refractivity contribution >= 4 is 29.1 Å². The molecule has 10 heteroatoms. The van der Waals surface area contributed by atoms with Gasteiger partial charge in [0.2, 0.25) is 11.8 Å². The molecule has 2 unspecified atom stereocenters. The molecule has 1 aliphatic carbocycles. The molecule has 2 aliphatic rings. The highest BCUT2D eigenvalue weighted by molar-refractivity contribution is 7.13. The predicted octanol–water partition coefficient (Wildman–Crippen LogP) is 3.85. The summed E-state index contributed by atoms with van der Waals surface area (Å²) in [6.07, 6.45) is -0.498. The molecule has 1 aliphatic heterocycles. The van der Waals surface area contributed by atoms with Crippen LogP contribution in [0.2, 0.25) is 0 Å². The molecule has 3 amide bonds. The van der Waals surface area contributed by atoms with Crippen molar-refractivity contribution in [1.29, 1.82) is 0 Å². The number of aryl methyl sites for hydroxylation is 1. The van der Waals surface area contributed by atoms with E-state index in [-0.39, 0.29) is 44.2 Å². The molecule has 3 N–H and O–H groups in total. The van der Waals surface area contributed by atoms with E-state index in [4.69, 9.17) is 0 Å². The average molecular weight is 559 g/mol. The summed E-state index contributed by atoms with van der Waals surface area (Å²) in [6, 6.07) is 4.24. The van der Waals surface area contributed by atoms with Gasteiger partial charge in [-0.2, -0.15) is 0 Å². The molecule has 212 valence electrons. The number of thiazole rings is 1. The van der Waals surface area contributed by atoms with Crippen LogP contribution in [0.5, 0.6) is 0 Å². The Hall–Kier alpha value is -2.85. The van der Waals surface area contributed by atoms with E-state index in [9.17, 15) is 23.9 Å². The highest BCUT2D eigenvalue weighted by Crippen LogP contribution is 2.40.